The summed E-state index contributed by atoms with van der Waals surface area (Å²) >= 11 is 0. The molecule has 2 N–H and O–H groups in total. The van der Waals surface area contributed by atoms with Gasteiger partial charge in [0.15, 0.2) is 0 Å². The molecule has 0 saturated carbocycles. The van der Waals surface area contributed by atoms with E-state index in [-0.39, 0.29) is 24.1 Å². The Morgan fingerprint density at radius 1 is 1.41 bits per heavy atom. The Balaban J connectivity index is 0.00000144. The lowest BCUT2D eigenvalue weighted by atomic mass is 10.0. The highest BCUT2D eigenvalue weighted by atomic mass is 35.5. The molecular weight excluding hydrogens is 243 g/mol. The van der Waals surface area contributed by atoms with Crippen LogP contribution in [0.25, 0.3) is 0 Å². The topological polar surface area (TPSA) is 41.1 Å². The van der Waals surface area contributed by atoms with Crippen molar-refractivity contribution in [2.24, 2.45) is 5.92 Å². The molecule has 1 aliphatic rings. The number of carbonyl (C=O) groups excluding carboxylic acids is 1. The maximum Gasteiger partial charge on any atom is 0.224 e. The summed E-state index contributed by atoms with van der Waals surface area (Å²) in [7, 11) is 0. The quantitative estimate of drug-likeness (QED) is 0.873. The van der Waals surface area contributed by atoms with E-state index in [9.17, 15) is 9.18 Å². The largest absolute Gasteiger partial charge is 0.326 e. The molecule has 0 spiro atoms. The molecule has 1 heterocycles. The maximum atomic E-state index is 12.6. The normalized spacial score (nSPS) is 18.5. The van der Waals surface area contributed by atoms with Gasteiger partial charge < -0.3 is 10.6 Å². The maximum absolute atomic E-state index is 12.6. The van der Waals surface area contributed by atoms with Gasteiger partial charge in [-0.3, -0.25) is 4.79 Å². The molecule has 0 aromatic heterocycles. The number of benzene rings is 1. The van der Waals surface area contributed by atoms with E-state index in [1.165, 1.54) is 12.1 Å². The zero-order chi connectivity index (χ0) is 11.4. The lowest BCUT2D eigenvalue weighted by Crippen LogP contribution is -2.18. The molecule has 1 fully saturated rings. The molecular formula is C12H16ClFN2O. The van der Waals surface area contributed by atoms with Crippen molar-refractivity contribution >= 4 is 24.0 Å². The van der Waals surface area contributed by atoms with Crippen molar-refractivity contribution in [2.75, 3.05) is 18.4 Å². The first kappa shape index (κ1) is 13.9. The van der Waals surface area contributed by atoms with Gasteiger partial charge in [-0.25, -0.2) is 4.39 Å². The Kier molecular flexibility index (Phi) is 5.38. The molecule has 1 saturated heterocycles. The number of amides is 1. The van der Waals surface area contributed by atoms with Crippen LogP contribution in [-0.4, -0.2) is 19.0 Å². The molecule has 17 heavy (non-hydrogen) atoms. The average Bonchev–Trinajstić information content (AvgIpc) is 2.74. The zero-order valence-electron chi connectivity index (χ0n) is 9.41. The fourth-order valence-electron chi connectivity index (χ4n) is 1.90. The Labute approximate surface area is 106 Å². The predicted molar refractivity (Wildman–Crippen MR) is 67.9 cm³/mol. The van der Waals surface area contributed by atoms with Gasteiger partial charge in [-0.2, -0.15) is 0 Å². The van der Waals surface area contributed by atoms with Crippen molar-refractivity contribution in [3.8, 4) is 0 Å². The number of carbonyl (C=O) groups is 1. The van der Waals surface area contributed by atoms with Gasteiger partial charge in [0, 0.05) is 12.1 Å². The summed E-state index contributed by atoms with van der Waals surface area (Å²) in [4.78, 5) is 11.6. The number of hydrogen-bond acceptors (Lipinski definition) is 2. The molecule has 94 valence electrons. The standard InChI is InChI=1S/C12H15FN2O.ClH/c13-10-1-3-11(4-2-10)15-12(16)7-9-5-6-14-8-9;/h1-4,9,14H,5-8H2,(H,15,16);1H. The van der Waals surface area contributed by atoms with Crippen molar-refractivity contribution < 1.29 is 9.18 Å². The highest BCUT2D eigenvalue weighted by Crippen LogP contribution is 2.14. The number of rotatable bonds is 3. The lowest BCUT2D eigenvalue weighted by Gasteiger charge is -2.08. The van der Waals surface area contributed by atoms with Crippen LogP contribution in [0.1, 0.15) is 12.8 Å². The molecule has 1 aliphatic heterocycles. The molecule has 1 aromatic carbocycles. The van der Waals surface area contributed by atoms with E-state index < -0.39 is 0 Å². The number of halogens is 2. The van der Waals surface area contributed by atoms with Crippen LogP contribution in [0.2, 0.25) is 0 Å². The van der Waals surface area contributed by atoms with Crippen LogP contribution in [0.5, 0.6) is 0 Å². The van der Waals surface area contributed by atoms with E-state index >= 15 is 0 Å². The second kappa shape index (κ2) is 6.57. The van der Waals surface area contributed by atoms with Crippen LogP contribution in [0.4, 0.5) is 10.1 Å². The van der Waals surface area contributed by atoms with Gasteiger partial charge in [-0.05, 0) is 49.7 Å². The molecule has 1 unspecified atom stereocenters. The molecule has 0 aliphatic carbocycles. The fourth-order valence-corrected chi connectivity index (χ4v) is 1.90. The minimum atomic E-state index is -0.294. The Bertz CT molecular complexity index is 363. The molecule has 1 amide bonds. The monoisotopic (exact) mass is 258 g/mol. The van der Waals surface area contributed by atoms with Crippen molar-refractivity contribution in [2.45, 2.75) is 12.8 Å². The van der Waals surface area contributed by atoms with Crippen molar-refractivity contribution in [1.82, 2.24) is 5.32 Å². The zero-order valence-corrected chi connectivity index (χ0v) is 10.2. The van der Waals surface area contributed by atoms with Gasteiger partial charge in [-0.1, -0.05) is 0 Å². The van der Waals surface area contributed by atoms with Crippen molar-refractivity contribution in [1.29, 1.82) is 0 Å². The van der Waals surface area contributed by atoms with Crippen LogP contribution in [0, 0.1) is 11.7 Å². The van der Waals surface area contributed by atoms with Gasteiger partial charge in [0.1, 0.15) is 5.82 Å². The second-order valence-electron chi connectivity index (χ2n) is 4.12. The predicted octanol–water partition coefficient (Wildman–Crippen LogP) is 2.19. The van der Waals surface area contributed by atoms with Crippen LogP contribution < -0.4 is 10.6 Å². The van der Waals surface area contributed by atoms with Crippen LogP contribution >= 0.6 is 12.4 Å². The molecule has 1 aromatic rings. The minimum Gasteiger partial charge on any atom is -0.326 e. The van der Waals surface area contributed by atoms with E-state index in [0.717, 1.165) is 19.5 Å². The highest BCUT2D eigenvalue weighted by Gasteiger charge is 2.17. The van der Waals surface area contributed by atoms with E-state index in [1.54, 1.807) is 12.1 Å². The Morgan fingerprint density at radius 3 is 2.71 bits per heavy atom. The molecule has 3 nitrogen and oxygen atoms in total. The molecule has 1 atom stereocenters. The third-order valence-electron chi connectivity index (χ3n) is 2.76. The van der Waals surface area contributed by atoms with Crippen LogP contribution in [0.3, 0.4) is 0 Å². The summed E-state index contributed by atoms with van der Waals surface area (Å²) in [5.41, 5.74) is 0.650. The fraction of sp³-hybridized carbons (Fsp3) is 0.417. The molecule has 0 bridgehead atoms. The third kappa shape index (κ3) is 4.32. The van der Waals surface area contributed by atoms with E-state index in [0.29, 0.717) is 18.0 Å². The minimum absolute atomic E-state index is 0. The van der Waals surface area contributed by atoms with Gasteiger partial charge in [0.2, 0.25) is 5.91 Å². The van der Waals surface area contributed by atoms with Crippen LogP contribution in [0.15, 0.2) is 24.3 Å². The van der Waals surface area contributed by atoms with Gasteiger partial charge in [0.25, 0.3) is 0 Å². The summed E-state index contributed by atoms with van der Waals surface area (Å²) < 4.78 is 12.6. The summed E-state index contributed by atoms with van der Waals surface area (Å²) in [5, 5.41) is 5.98. The Morgan fingerprint density at radius 2 is 2.12 bits per heavy atom. The average molecular weight is 259 g/mol. The molecule has 2 rings (SSSR count). The van der Waals surface area contributed by atoms with Gasteiger partial charge in [-0.15, -0.1) is 12.4 Å². The SMILES string of the molecule is Cl.O=C(CC1CCNC1)Nc1ccc(F)cc1. The van der Waals surface area contributed by atoms with Crippen molar-refractivity contribution in [3.05, 3.63) is 30.1 Å². The smallest absolute Gasteiger partial charge is 0.224 e. The Hall–Kier alpha value is -1.13. The summed E-state index contributed by atoms with van der Waals surface area (Å²) in [6.07, 6.45) is 1.58. The van der Waals surface area contributed by atoms with Crippen LogP contribution in [-0.2, 0) is 4.79 Å². The lowest BCUT2D eigenvalue weighted by molar-refractivity contribution is -0.116. The number of hydrogen-bond donors (Lipinski definition) is 2. The van der Waals surface area contributed by atoms with Crippen molar-refractivity contribution in [3.63, 3.8) is 0 Å². The first-order valence-corrected chi connectivity index (χ1v) is 5.50. The molecule has 0 radical (unpaired) electrons. The van der Waals surface area contributed by atoms with E-state index in [2.05, 4.69) is 10.6 Å². The summed E-state index contributed by atoms with van der Waals surface area (Å²) in [6, 6.07) is 5.82. The van der Waals surface area contributed by atoms with E-state index in [1.807, 2.05) is 0 Å². The first-order chi connectivity index (χ1) is 7.74. The van der Waals surface area contributed by atoms with E-state index in [4.69, 9.17) is 0 Å². The number of nitrogens with one attached hydrogen (secondary N) is 2. The molecule has 5 heteroatoms. The summed E-state index contributed by atoms with van der Waals surface area (Å²) in [5.74, 6) is 0.138. The highest BCUT2D eigenvalue weighted by molar-refractivity contribution is 5.90. The van der Waals surface area contributed by atoms with Gasteiger partial charge >= 0.3 is 0 Å². The second-order valence-corrected chi connectivity index (χ2v) is 4.12. The van der Waals surface area contributed by atoms with Gasteiger partial charge in [0.05, 0.1) is 0 Å². The summed E-state index contributed by atoms with van der Waals surface area (Å²) in [6.45, 7) is 1.91. The first-order valence-electron chi connectivity index (χ1n) is 5.50. The number of anilines is 1. The third-order valence-corrected chi connectivity index (χ3v) is 2.76.